The fourth-order valence-corrected chi connectivity index (χ4v) is 3.07. The minimum absolute atomic E-state index is 0.0468. The maximum atomic E-state index is 5.87. The molecule has 1 N–H and O–H groups in total. The smallest absolute Gasteiger partial charge is 0.157 e. The summed E-state index contributed by atoms with van der Waals surface area (Å²) in [6.45, 7) is 9.55. The van der Waals surface area contributed by atoms with E-state index in [1.807, 2.05) is 0 Å². The van der Waals surface area contributed by atoms with Gasteiger partial charge in [-0.1, -0.05) is 6.42 Å². The number of nitrogens with zero attached hydrogens (tertiary/aromatic N) is 1. The van der Waals surface area contributed by atoms with Crippen LogP contribution in [0, 0.1) is 0 Å². The van der Waals surface area contributed by atoms with E-state index in [-0.39, 0.29) is 6.29 Å². The van der Waals surface area contributed by atoms with Crippen molar-refractivity contribution in [3.05, 3.63) is 0 Å². The average molecular weight is 284 g/mol. The summed E-state index contributed by atoms with van der Waals surface area (Å²) in [5, 5.41) is 3.64. The highest BCUT2D eigenvalue weighted by molar-refractivity contribution is 4.77. The highest BCUT2D eigenvalue weighted by atomic mass is 16.7. The van der Waals surface area contributed by atoms with E-state index >= 15 is 0 Å². The first kappa shape index (κ1) is 16.2. The summed E-state index contributed by atoms with van der Waals surface area (Å²) in [5.74, 6) is 0. The molecule has 2 aliphatic heterocycles. The van der Waals surface area contributed by atoms with Crippen LogP contribution in [0.1, 0.15) is 52.4 Å². The number of nitrogens with one attached hydrogen (secondary N) is 1. The highest BCUT2D eigenvalue weighted by Crippen LogP contribution is 2.14. The van der Waals surface area contributed by atoms with Crippen molar-refractivity contribution < 1.29 is 9.47 Å². The van der Waals surface area contributed by atoms with E-state index in [0.717, 1.165) is 32.7 Å². The Morgan fingerprint density at radius 1 is 1.20 bits per heavy atom. The van der Waals surface area contributed by atoms with E-state index in [9.17, 15) is 0 Å². The second-order valence-electron chi connectivity index (χ2n) is 6.40. The normalized spacial score (nSPS) is 28.2. The van der Waals surface area contributed by atoms with Crippen LogP contribution in [0.25, 0.3) is 0 Å². The summed E-state index contributed by atoms with van der Waals surface area (Å²) in [6.07, 6.45) is 7.55. The third-order valence-electron chi connectivity index (χ3n) is 4.42. The molecule has 2 unspecified atom stereocenters. The number of rotatable bonds is 7. The summed E-state index contributed by atoms with van der Waals surface area (Å²) in [4.78, 5) is 2.53. The van der Waals surface area contributed by atoms with Crippen molar-refractivity contribution in [3.63, 3.8) is 0 Å². The van der Waals surface area contributed by atoms with Crippen LogP contribution in [0.4, 0.5) is 0 Å². The lowest BCUT2D eigenvalue weighted by Crippen LogP contribution is -2.47. The van der Waals surface area contributed by atoms with Gasteiger partial charge in [0.1, 0.15) is 0 Å². The number of hydrogen-bond acceptors (Lipinski definition) is 4. The molecule has 0 aliphatic carbocycles. The van der Waals surface area contributed by atoms with Gasteiger partial charge in [-0.05, 0) is 52.5 Å². The molecule has 0 amide bonds. The molecule has 4 heteroatoms. The summed E-state index contributed by atoms with van der Waals surface area (Å²) in [5.41, 5.74) is 0. The number of ether oxygens (including phenoxy) is 2. The van der Waals surface area contributed by atoms with Crippen LogP contribution < -0.4 is 5.32 Å². The van der Waals surface area contributed by atoms with Crippen LogP contribution in [-0.4, -0.2) is 56.1 Å². The van der Waals surface area contributed by atoms with Gasteiger partial charge in [0, 0.05) is 31.8 Å². The zero-order chi connectivity index (χ0) is 14.2. The first-order valence-corrected chi connectivity index (χ1v) is 8.46. The van der Waals surface area contributed by atoms with E-state index in [0.29, 0.717) is 12.1 Å². The van der Waals surface area contributed by atoms with Gasteiger partial charge in [0.25, 0.3) is 0 Å². The Morgan fingerprint density at radius 3 is 2.70 bits per heavy atom. The molecule has 0 aromatic carbocycles. The van der Waals surface area contributed by atoms with E-state index in [2.05, 4.69) is 24.1 Å². The summed E-state index contributed by atoms with van der Waals surface area (Å²) >= 11 is 0. The van der Waals surface area contributed by atoms with Crippen molar-refractivity contribution in [1.82, 2.24) is 10.2 Å². The summed E-state index contributed by atoms with van der Waals surface area (Å²) < 4.78 is 11.5. The van der Waals surface area contributed by atoms with Crippen LogP contribution in [0.5, 0.6) is 0 Å². The van der Waals surface area contributed by atoms with Gasteiger partial charge in [-0.25, -0.2) is 0 Å². The molecule has 0 spiro atoms. The molecule has 118 valence electrons. The highest BCUT2D eigenvalue weighted by Gasteiger charge is 2.19. The molecule has 2 rings (SSSR count). The topological polar surface area (TPSA) is 33.7 Å². The Bertz CT molecular complexity index is 249. The SMILES string of the molecule is CC(C)N(CCOC1CCCCO1)CC1CCCCN1. The van der Waals surface area contributed by atoms with Crippen LogP contribution in [-0.2, 0) is 9.47 Å². The summed E-state index contributed by atoms with van der Waals surface area (Å²) in [7, 11) is 0. The number of hydrogen-bond donors (Lipinski definition) is 1. The molecule has 20 heavy (non-hydrogen) atoms. The predicted molar refractivity (Wildman–Crippen MR) is 81.9 cm³/mol. The van der Waals surface area contributed by atoms with E-state index < -0.39 is 0 Å². The zero-order valence-corrected chi connectivity index (χ0v) is 13.3. The Labute approximate surface area is 124 Å². The van der Waals surface area contributed by atoms with Crippen molar-refractivity contribution >= 4 is 0 Å². The van der Waals surface area contributed by atoms with E-state index in [1.54, 1.807) is 0 Å². The van der Waals surface area contributed by atoms with E-state index in [4.69, 9.17) is 9.47 Å². The molecule has 2 atom stereocenters. The largest absolute Gasteiger partial charge is 0.353 e. The van der Waals surface area contributed by atoms with Crippen molar-refractivity contribution in [1.29, 1.82) is 0 Å². The standard InChI is InChI=1S/C16H32N2O2/c1-14(2)18(13-15-7-3-5-9-17-15)10-12-20-16-8-4-6-11-19-16/h14-17H,3-13H2,1-2H3. The molecular weight excluding hydrogens is 252 g/mol. The molecule has 2 aliphatic rings. The van der Waals surface area contributed by atoms with Crippen molar-refractivity contribution in [2.75, 3.05) is 32.8 Å². The maximum absolute atomic E-state index is 5.87. The molecule has 2 heterocycles. The van der Waals surface area contributed by atoms with Gasteiger partial charge < -0.3 is 14.8 Å². The summed E-state index contributed by atoms with van der Waals surface area (Å²) in [6, 6.07) is 1.24. The minimum Gasteiger partial charge on any atom is -0.353 e. The van der Waals surface area contributed by atoms with Crippen LogP contribution >= 0.6 is 0 Å². The van der Waals surface area contributed by atoms with Crippen LogP contribution in [0.3, 0.4) is 0 Å². The Morgan fingerprint density at radius 2 is 2.05 bits per heavy atom. The molecule has 0 bridgehead atoms. The van der Waals surface area contributed by atoms with E-state index in [1.165, 1.54) is 38.6 Å². The van der Waals surface area contributed by atoms with Gasteiger partial charge in [0.2, 0.25) is 0 Å². The monoisotopic (exact) mass is 284 g/mol. The van der Waals surface area contributed by atoms with Crippen LogP contribution in [0.2, 0.25) is 0 Å². The van der Waals surface area contributed by atoms with Gasteiger partial charge in [-0.15, -0.1) is 0 Å². The fourth-order valence-electron chi connectivity index (χ4n) is 3.07. The second-order valence-corrected chi connectivity index (χ2v) is 6.40. The molecule has 2 saturated heterocycles. The lowest BCUT2D eigenvalue weighted by molar-refractivity contribution is -0.164. The average Bonchev–Trinajstić information content (AvgIpc) is 2.48. The van der Waals surface area contributed by atoms with Crippen molar-refractivity contribution in [3.8, 4) is 0 Å². The molecule has 0 aromatic heterocycles. The lowest BCUT2D eigenvalue weighted by atomic mass is 10.0. The maximum Gasteiger partial charge on any atom is 0.157 e. The van der Waals surface area contributed by atoms with Gasteiger partial charge in [-0.3, -0.25) is 4.90 Å². The third kappa shape index (κ3) is 5.68. The molecule has 0 aromatic rings. The quantitative estimate of drug-likeness (QED) is 0.778. The molecular formula is C16H32N2O2. The van der Waals surface area contributed by atoms with Gasteiger partial charge in [0.15, 0.2) is 6.29 Å². The fraction of sp³-hybridized carbons (Fsp3) is 1.00. The number of piperidine rings is 1. The first-order valence-electron chi connectivity index (χ1n) is 8.46. The van der Waals surface area contributed by atoms with Crippen LogP contribution in [0.15, 0.2) is 0 Å². The Balaban J connectivity index is 1.65. The molecule has 2 fully saturated rings. The predicted octanol–water partition coefficient (Wildman–Crippen LogP) is 2.38. The molecule has 4 nitrogen and oxygen atoms in total. The Kier molecular flexibility index (Phi) is 7.28. The lowest BCUT2D eigenvalue weighted by Gasteiger charge is -2.33. The Hall–Kier alpha value is -0.160. The minimum atomic E-state index is 0.0468. The molecule has 0 saturated carbocycles. The second kappa shape index (κ2) is 8.98. The van der Waals surface area contributed by atoms with Gasteiger partial charge in [0.05, 0.1) is 6.61 Å². The molecule has 0 radical (unpaired) electrons. The van der Waals surface area contributed by atoms with Gasteiger partial charge in [-0.2, -0.15) is 0 Å². The zero-order valence-electron chi connectivity index (χ0n) is 13.3. The van der Waals surface area contributed by atoms with Crippen molar-refractivity contribution in [2.24, 2.45) is 0 Å². The third-order valence-corrected chi connectivity index (χ3v) is 4.42. The first-order chi connectivity index (χ1) is 9.75. The van der Waals surface area contributed by atoms with Gasteiger partial charge >= 0.3 is 0 Å². The van der Waals surface area contributed by atoms with Crippen molar-refractivity contribution in [2.45, 2.75) is 70.7 Å².